The molecule has 2 aromatic rings. The van der Waals surface area contributed by atoms with E-state index in [0.29, 0.717) is 17.8 Å². The van der Waals surface area contributed by atoms with Crippen LogP contribution in [0.5, 0.6) is 5.88 Å². The van der Waals surface area contributed by atoms with Crippen LogP contribution in [-0.4, -0.2) is 15.1 Å². The summed E-state index contributed by atoms with van der Waals surface area (Å²) in [4.78, 5) is 18.8. The number of benzene rings is 1. The minimum Gasteiger partial charge on any atom is -0.493 e. The molecule has 0 saturated heterocycles. The number of hydrogen-bond acceptors (Lipinski definition) is 4. The third-order valence-electron chi connectivity index (χ3n) is 3.21. The summed E-state index contributed by atoms with van der Waals surface area (Å²) in [5.41, 5.74) is 7.43. The predicted octanol–water partition coefficient (Wildman–Crippen LogP) is 2.25. The van der Waals surface area contributed by atoms with Gasteiger partial charge in [0.2, 0.25) is 5.88 Å². The Morgan fingerprint density at radius 3 is 2.55 bits per heavy atom. The summed E-state index contributed by atoms with van der Waals surface area (Å²) >= 11 is 0. The lowest BCUT2D eigenvalue weighted by atomic mass is 10.1. The molecule has 20 heavy (non-hydrogen) atoms. The number of nitrogens with two attached hydrogens (primary N) is 1. The van der Waals surface area contributed by atoms with Crippen molar-refractivity contribution < 1.29 is 5.11 Å². The maximum atomic E-state index is 12.1. The van der Waals surface area contributed by atoms with Gasteiger partial charge in [-0.3, -0.25) is 4.79 Å². The van der Waals surface area contributed by atoms with Gasteiger partial charge in [-0.05, 0) is 18.9 Å². The van der Waals surface area contributed by atoms with Crippen molar-refractivity contribution in [3.63, 3.8) is 0 Å². The number of aromatic hydroxyl groups is 1. The highest BCUT2D eigenvalue weighted by Crippen LogP contribution is 2.24. The molecule has 1 heterocycles. The molecule has 0 aliphatic heterocycles. The Labute approximate surface area is 117 Å². The molecule has 0 fully saturated rings. The Morgan fingerprint density at radius 2 is 2.00 bits per heavy atom. The van der Waals surface area contributed by atoms with E-state index in [1.54, 1.807) is 12.1 Å². The Balaban J connectivity index is 2.46. The number of aryl methyl sites for hydroxylation is 1. The standard InChI is InChI=1S/C15H19N3O2/c1-3-4-11(16)13-17-14(19)12(15(20)18-13)10-7-5-9(2)6-8-10/h5-8,11H,3-4,16H2,1-2H3,(H2,17,18,19,20). The second-order valence-corrected chi connectivity index (χ2v) is 4.91. The molecule has 0 saturated carbocycles. The van der Waals surface area contributed by atoms with E-state index in [1.165, 1.54) is 0 Å². The molecular weight excluding hydrogens is 254 g/mol. The fourth-order valence-electron chi connectivity index (χ4n) is 2.08. The molecule has 0 spiro atoms. The highest BCUT2D eigenvalue weighted by molar-refractivity contribution is 5.67. The molecule has 0 bridgehead atoms. The van der Waals surface area contributed by atoms with Crippen molar-refractivity contribution in [2.24, 2.45) is 5.73 Å². The van der Waals surface area contributed by atoms with Gasteiger partial charge in [-0.2, -0.15) is 4.98 Å². The molecular formula is C15H19N3O2. The van der Waals surface area contributed by atoms with Crippen LogP contribution in [0.1, 0.15) is 37.2 Å². The highest BCUT2D eigenvalue weighted by Gasteiger charge is 2.16. The fraction of sp³-hybridized carbons (Fsp3) is 0.333. The topological polar surface area (TPSA) is 92.0 Å². The number of rotatable bonds is 4. The lowest BCUT2D eigenvalue weighted by molar-refractivity contribution is 0.444. The molecule has 1 unspecified atom stereocenters. The van der Waals surface area contributed by atoms with Crippen molar-refractivity contribution in [1.82, 2.24) is 9.97 Å². The van der Waals surface area contributed by atoms with Crippen molar-refractivity contribution >= 4 is 0 Å². The van der Waals surface area contributed by atoms with Gasteiger partial charge in [0.05, 0.1) is 6.04 Å². The van der Waals surface area contributed by atoms with Crippen LogP contribution in [0.3, 0.4) is 0 Å². The average Bonchev–Trinajstić information content (AvgIpc) is 2.40. The van der Waals surface area contributed by atoms with Crippen molar-refractivity contribution in [3.8, 4) is 17.0 Å². The largest absolute Gasteiger partial charge is 0.493 e. The number of hydrogen-bond donors (Lipinski definition) is 3. The molecule has 4 N–H and O–H groups in total. The van der Waals surface area contributed by atoms with Gasteiger partial charge in [0.25, 0.3) is 5.56 Å². The van der Waals surface area contributed by atoms with E-state index in [4.69, 9.17) is 5.73 Å². The molecule has 1 aromatic carbocycles. The van der Waals surface area contributed by atoms with Gasteiger partial charge in [0, 0.05) is 0 Å². The van der Waals surface area contributed by atoms with Crippen molar-refractivity contribution in [2.45, 2.75) is 32.7 Å². The van der Waals surface area contributed by atoms with E-state index in [1.807, 2.05) is 26.0 Å². The Bertz CT molecular complexity index is 647. The second-order valence-electron chi connectivity index (χ2n) is 4.91. The summed E-state index contributed by atoms with van der Waals surface area (Å²) in [7, 11) is 0. The number of aromatic nitrogens is 2. The molecule has 5 heteroatoms. The smallest absolute Gasteiger partial charge is 0.262 e. The Hall–Kier alpha value is -2.14. The van der Waals surface area contributed by atoms with Gasteiger partial charge < -0.3 is 15.8 Å². The third kappa shape index (κ3) is 2.88. The Kier molecular flexibility index (Phi) is 4.20. The van der Waals surface area contributed by atoms with E-state index in [9.17, 15) is 9.90 Å². The van der Waals surface area contributed by atoms with Crippen molar-refractivity contribution in [2.75, 3.05) is 0 Å². The van der Waals surface area contributed by atoms with Gasteiger partial charge in [-0.25, -0.2) is 0 Å². The van der Waals surface area contributed by atoms with Crippen LogP contribution in [0.4, 0.5) is 0 Å². The molecule has 0 aliphatic carbocycles. The molecule has 1 atom stereocenters. The van der Waals surface area contributed by atoms with Gasteiger partial charge in [0.1, 0.15) is 11.4 Å². The summed E-state index contributed by atoms with van der Waals surface area (Å²) in [5.74, 6) is 0.0457. The second kappa shape index (κ2) is 5.88. The minimum absolute atomic E-state index is 0.178. The first-order valence-corrected chi connectivity index (χ1v) is 6.68. The molecule has 5 nitrogen and oxygen atoms in total. The van der Waals surface area contributed by atoms with Crippen LogP contribution in [0.2, 0.25) is 0 Å². The maximum Gasteiger partial charge on any atom is 0.262 e. The number of nitrogens with one attached hydrogen (secondary N) is 1. The van der Waals surface area contributed by atoms with E-state index >= 15 is 0 Å². The maximum absolute atomic E-state index is 12.1. The van der Waals surface area contributed by atoms with E-state index in [0.717, 1.165) is 12.0 Å². The van der Waals surface area contributed by atoms with Crippen LogP contribution in [0, 0.1) is 6.92 Å². The fourth-order valence-corrected chi connectivity index (χ4v) is 2.08. The van der Waals surface area contributed by atoms with Crippen molar-refractivity contribution in [3.05, 3.63) is 46.0 Å². The van der Waals surface area contributed by atoms with Gasteiger partial charge in [-0.15, -0.1) is 0 Å². The quantitative estimate of drug-likeness (QED) is 0.796. The molecule has 106 valence electrons. The zero-order chi connectivity index (χ0) is 14.7. The molecule has 2 rings (SSSR count). The number of H-pyrrole nitrogens is 1. The van der Waals surface area contributed by atoms with E-state index < -0.39 is 0 Å². The first-order valence-electron chi connectivity index (χ1n) is 6.68. The minimum atomic E-state index is -0.372. The van der Waals surface area contributed by atoms with Gasteiger partial charge in [-0.1, -0.05) is 43.2 Å². The average molecular weight is 273 g/mol. The number of aromatic amines is 1. The van der Waals surface area contributed by atoms with Crippen LogP contribution >= 0.6 is 0 Å². The summed E-state index contributed by atoms with van der Waals surface area (Å²) in [6, 6.07) is 6.96. The summed E-state index contributed by atoms with van der Waals surface area (Å²) in [6.45, 7) is 3.96. The van der Waals surface area contributed by atoms with E-state index in [2.05, 4.69) is 9.97 Å². The summed E-state index contributed by atoms with van der Waals surface area (Å²) in [5, 5.41) is 10.0. The summed E-state index contributed by atoms with van der Waals surface area (Å²) < 4.78 is 0. The normalized spacial score (nSPS) is 12.3. The van der Waals surface area contributed by atoms with Crippen LogP contribution in [0.15, 0.2) is 29.1 Å². The zero-order valence-electron chi connectivity index (χ0n) is 11.7. The molecule has 0 amide bonds. The van der Waals surface area contributed by atoms with Crippen molar-refractivity contribution in [1.29, 1.82) is 0 Å². The Morgan fingerprint density at radius 1 is 1.35 bits per heavy atom. The molecule has 0 radical (unpaired) electrons. The van der Waals surface area contributed by atoms with Gasteiger partial charge in [0.15, 0.2) is 0 Å². The number of nitrogens with zero attached hydrogens (tertiary/aromatic N) is 1. The monoisotopic (exact) mass is 273 g/mol. The lowest BCUT2D eigenvalue weighted by Gasteiger charge is -2.11. The summed E-state index contributed by atoms with van der Waals surface area (Å²) in [6.07, 6.45) is 1.58. The lowest BCUT2D eigenvalue weighted by Crippen LogP contribution is -2.20. The predicted molar refractivity (Wildman–Crippen MR) is 78.5 cm³/mol. The molecule has 1 aromatic heterocycles. The molecule has 0 aliphatic rings. The van der Waals surface area contributed by atoms with E-state index in [-0.39, 0.29) is 23.0 Å². The van der Waals surface area contributed by atoms with Crippen LogP contribution in [-0.2, 0) is 0 Å². The van der Waals surface area contributed by atoms with Crippen LogP contribution < -0.4 is 11.3 Å². The zero-order valence-corrected chi connectivity index (χ0v) is 11.7. The third-order valence-corrected chi connectivity index (χ3v) is 3.21. The van der Waals surface area contributed by atoms with Gasteiger partial charge >= 0.3 is 0 Å². The first-order chi connectivity index (χ1) is 9.52. The van der Waals surface area contributed by atoms with Crippen LogP contribution in [0.25, 0.3) is 11.1 Å². The first kappa shape index (κ1) is 14.3. The highest BCUT2D eigenvalue weighted by atomic mass is 16.3. The SMILES string of the molecule is CCCC(N)c1nc(O)c(-c2ccc(C)cc2)c(=O)[nH]1.